The topological polar surface area (TPSA) is 75.1 Å². The van der Waals surface area contributed by atoms with Crippen molar-refractivity contribution in [1.82, 2.24) is 9.55 Å². The van der Waals surface area contributed by atoms with Crippen LogP contribution in [0.3, 0.4) is 0 Å². The third-order valence-electron chi connectivity index (χ3n) is 2.27. The van der Waals surface area contributed by atoms with Crippen molar-refractivity contribution < 1.29 is 9.90 Å². The molecule has 0 aliphatic rings. The number of imidazole rings is 1. The van der Waals surface area contributed by atoms with Gasteiger partial charge in [0.25, 0.3) is 0 Å². The molecule has 0 amide bonds. The lowest BCUT2D eigenvalue weighted by molar-refractivity contribution is 0.0685. The van der Waals surface area contributed by atoms with E-state index >= 15 is 0 Å². The molecule has 0 aliphatic heterocycles. The Morgan fingerprint density at radius 1 is 1.31 bits per heavy atom. The van der Waals surface area contributed by atoms with Gasteiger partial charge in [-0.2, -0.15) is 0 Å². The third-order valence-corrected chi connectivity index (χ3v) is 2.27. The summed E-state index contributed by atoms with van der Waals surface area (Å²) < 4.78 is 1.19. The molecule has 5 heteroatoms. The van der Waals surface area contributed by atoms with Crippen LogP contribution in [0.5, 0.6) is 0 Å². The summed E-state index contributed by atoms with van der Waals surface area (Å²) in [6.07, 6.45) is 1.20. The fourth-order valence-electron chi connectivity index (χ4n) is 1.50. The molecule has 0 saturated heterocycles. The maximum Gasteiger partial charge on any atom is 0.354 e. The largest absolute Gasteiger partial charge is 0.477 e. The monoisotopic (exact) mass is 218 g/mol. The van der Waals surface area contributed by atoms with E-state index in [0.29, 0.717) is 0 Å². The quantitative estimate of drug-likeness (QED) is 0.804. The van der Waals surface area contributed by atoms with Crippen molar-refractivity contribution in [2.45, 2.75) is 6.54 Å². The maximum atomic E-state index is 11.4. The molecule has 82 valence electrons. The highest BCUT2D eigenvalue weighted by Crippen LogP contribution is 2.03. The van der Waals surface area contributed by atoms with E-state index in [9.17, 15) is 9.59 Å². The zero-order valence-corrected chi connectivity index (χ0v) is 8.38. The number of nitrogens with zero attached hydrogens (tertiary/aromatic N) is 1. The minimum Gasteiger partial charge on any atom is -0.477 e. The van der Waals surface area contributed by atoms with Crippen LogP contribution in [0.4, 0.5) is 0 Å². The standard InChI is InChI=1S/C11H10N2O3/c14-10(15)9-6-12-11(16)13(9)7-8-4-2-1-3-5-8/h1-6H,7H2,(H,12,16)(H,14,15). The molecule has 0 spiro atoms. The van der Waals surface area contributed by atoms with E-state index in [4.69, 9.17) is 5.11 Å². The molecular weight excluding hydrogens is 208 g/mol. The molecule has 0 aliphatic carbocycles. The van der Waals surface area contributed by atoms with E-state index < -0.39 is 11.7 Å². The predicted octanol–water partition coefficient (Wildman–Crippen LogP) is 0.923. The Hall–Kier alpha value is -2.30. The number of H-pyrrole nitrogens is 1. The van der Waals surface area contributed by atoms with E-state index in [1.807, 2.05) is 30.3 Å². The van der Waals surface area contributed by atoms with Crippen LogP contribution in [0.15, 0.2) is 41.3 Å². The summed E-state index contributed by atoms with van der Waals surface area (Å²) >= 11 is 0. The van der Waals surface area contributed by atoms with E-state index in [1.54, 1.807) is 0 Å². The van der Waals surface area contributed by atoms with Gasteiger partial charge in [-0.25, -0.2) is 9.59 Å². The normalized spacial score (nSPS) is 10.2. The summed E-state index contributed by atoms with van der Waals surface area (Å²) in [5.41, 5.74) is 0.432. The molecule has 0 radical (unpaired) electrons. The summed E-state index contributed by atoms with van der Waals surface area (Å²) in [4.78, 5) is 24.6. The first-order valence-electron chi connectivity index (χ1n) is 4.74. The van der Waals surface area contributed by atoms with Gasteiger partial charge in [0.1, 0.15) is 5.69 Å². The second kappa shape index (κ2) is 4.06. The van der Waals surface area contributed by atoms with Crippen LogP contribution in [-0.4, -0.2) is 20.6 Å². The van der Waals surface area contributed by atoms with Gasteiger partial charge in [0, 0.05) is 6.20 Å². The van der Waals surface area contributed by atoms with Crippen LogP contribution in [0.2, 0.25) is 0 Å². The second-order valence-electron chi connectivity index (χ2n) is 3.36. The smallest absolute Gasteiger partial charge is 0.354 e. The number of carbonyl (C=O) groups is 1. The highest BCUT2D eigenvalue weighted by atomic mass is 16.4. The van der Waals surface area contributed by atoms with Gasteiger partial charge in [-0.05, 0) is 5.56 Å². The second-order valence-corrected chi connectivity index (χ2v) is 3.36. The SMILES string of the molecule is O=C(O)c1c[nH]c(=O)n1Cc1ccccc1. The first-order chi connectivity index (χ1) is 7.68. The summed E-state index contributed by atoms with van der Waals surface area (Å²) in [6, 6.07) is 9.22. The highest BCUT2D eigenvalue weighted by molar-refractivity contribution is 5.85. The molecule has 1 heterocycles. The van der Waals surface area contributed by atoms with Crippen molar-refractivity contribution in [2.75, 3.05) is 0 Å². The molecule has 2 aromatic rings. The molecular formula is C11H10N2O3. The van der Waals surface area contributed by atoms with Gasteiger partial charge in [-0.3, -0.25) is 4.57 Å². The minimum absolute atomic E-state index is 0.0335. The Bertz CT molecular complexity index is 554. The van der Waals surface area contributed by atoms with Crippen LogP contribution in [0, 0.1) is 0 Å². The Kier molecular flexibility index (Phi) is 2.59. The fourth-order valence-corrected chi connectivity index (χ4v) is 1.50. The van der Waals surface area contributed by atoms with Gasteiger partial charge in [0.15, 0.2) is 0 Å². The van der Waals surface area contributed by atoms with Crippen LogP contribution < -0.4 is 5.69 Å². The zero-order chi connectivity index (χ0) is 11.5. The molecule has 16 heavy (non-hydrogen) atoms. The van der Waals surface area contributed by atoms with Crippen molar-refractivity contribution in [3.8, 4) is 0 Å². The van der Waals surface area contributed by atoms with E-state index in [-0.39, 0.29) is 12.2 Å². The average Bonchev–Trinajstić information content (AvgIpc) is 2.62. The molecule has 0 unspecified atom stereocenters. The van der Waals surface area contributed by atoms with Crippen LogP contribution in [0.25, 0.3) is 0 Å². The van der Waals surface area contributed by atoms with Crippen molar-refractivity contribution in [3.05, 3.63) is 58.3 Å². The molecule has 0 atom stereocenters. The first-order valence-corrected chi connectivity index (χ1v) is 4.74. The van der Waals surface area contributed by atoms with Crippen molar-refractivity contribution in [1.29, 1.82) is 0 Å². The van der Waals surface area contributed by atoms with Gasteiger partial charge >= 0.3 is 11.7 Å². The molecule has 1 aromatic heterocycles. The first kappa shape index (κ1) is 10.2. The van der Waals surface area contributed by atoms with Crippen LogP contribution in [0.1, 0.15) is 16.1 Å². The summed E-state index contributed by atoms with van der Waals surface area (Å²) in [5.74, 6) is -1.12. The number of hydrogen-bond donors (Lipinski definition) is 2. The average molecular weight is 218 g/mol. The van der Waals surface area contributed by atoms with Gasteiger partial charge in [-0.15, -0.1) is 0 Å². The lowest BCUT2D eigenvalue weighted by atomic mass is 10.2. The molecule has 0 bridgehead atoms. The van der Waals surface area contributed by atoms with E-state index in [2.05, 4.69) is 4.98 Å². The number of carboxylic acids is 1. The Morgan fingerprint density at radius 2 is 2.00 bits per heavy atom. The Balaban J connectivity index is 2.38. The van der Waals surface area contributed by atoms with Crippen molar-refractivity contribution in [2.24, 2.45) is 0 Å². The van der Waals surface area contributed by atoms with E-state index in [1.165, 1.54) is 10.8 Å². The number of nitrogens with one attached hydrogen (secondary N) is 1. The fraction of sp³-hybridized carbons (Fsp3) is 0.0909. The Labute approximate surface area is 91.0 Å². The maximum absolute atomic E-state index is 11.4. The third kappa shape index (κ3) is 1.88. The van der Waals surface area contributed by atoms with Crippen molar-refractivity contribution in [3.63, 3.8) is 0 Å². The zero-order valence-electron chi connectivity index (χ0n) is 8.38. The minimum atomic E-state index is -1.12. The summed E-state index contributed by atoms with van der Waals surface area (Å²) in [5, 5.41) is 8.88. The molecule has 2 rings (SSSR count). The highest BCUT2D eigenvalue weighted by Gasteiger charge is 2.12. The van der Waals surface area contributed by atoms with Gasteiger partial charge in [0.2, 0.25) is 0 Å². The van der Waals surface area contributed by atoms with E-state index in [0.717, 1.165) is 5.56 Å². The summed E-state index contributed by atoms with van der Waals surface area (Å²) in [7, 11) is 0. The summed E-state index contributed by atoms with van der Waals surface area (Å²) in [6.45, 7) is 0.255. The molecule has 2 N–H and O–H groups in total. The van der Waals surface area contributed by atoms with Crippen LogP contribution >= 0.6 is 0 Å². The number of benzene rings is 1. The number of rotatable bonds is 3. The molecule has 1 aromatic carbocycles. The molecule has 5 nitrogen and oxygen atoms in total. The lowest BCUT2D eigenvalue weighted by Crippen LogP contribution is -2.21. The number of aromatic carboxylic acids is 1. The number of hydrogen-bond acceptors (Lipinski definition) is 2. The van der Waals surface area contributed by atoms with Crippen molar-refractivity contribution >= 4 is 5.97 Å². The molecule has 0 saturated carbocycles. The van der Waals surface area contributed by atoms with Gasteiger partial charge < -0.3 is 10.1 Å². The number of aromatic nitrogens is 2. The van der Waals surface area contributed by atoms with Gasteiger partial charge in [-0.1, -0.05) is 30.3 Å². The predicted molar refractivity (Wildman–Crippen MR) is 57.6 cm³/mol. The Morgan fingerprint density at radius 3 is 2.62 bits per heavy atom. The lowest BCUT2D eigenvalue weighted by Gasteiger charge is -2.03. The molecule has 0 fully saturated rings. The number of carboxylic acid groups (broad SMARTS) is 1. The number of aromatic amines is 1. The van der Waals surface area contributed by atoms with Gasteiger partial charge in [0.05, 0.1) is 6.54 Å². The van der Waals surface area contributed by atoms with Crippen LogP contribution in [-0.2, 0) is 6.54 Å².